The van der Waals surface area contributed by atoms with Crippen molar-refractivity contribution in [3.63, 3.8) is 0 Å². The van der Waals surface area contributed by atoms with Crippen molar-refractivity contribution in [2.24, 2.45) is 5.41 Å². The number of hydrogen-bond donors (Lipinski definition) is 1. The Bertz CT molecular complexity index is 470. The molecule has 110 valence electrons. The maximum Gasteiger partial charge on any atom is 0.410 e. The first-order valence-electron chi connectivity index (χ1n) is 6.50. The number of aliphatic carboxylic acids is 1. The van der Waals surface area contributed by atoms with Gasteiger partial charge in [0.05, 0.1) is 18.1 Å². The Labute approximate surface area is 119 Å². The van der Waals surface area contributed by atoms with Crippen LogP contribution in [-0.2, 0) is 9.53 Å². The Morgan fingerprint density at radius 3 is 2.30 bits per heavy atom. The number of benzene rings is 1. The number of nitrogens with zero attached hydrogens (tertiary/aromatic N) is 1. The van der Waals surface area contributed by atoms with Crippen LogP contribution in [0.25, 0.3) is 0 Å². The second-order valence-electron chi connectivity index (χ2n) is 5.15. The summed E-state index contributed by atoms with van der Waals surface area (Å²) < 4.78 is 4.98. The first-order valence-corrected chi connectivity index (χ1v) is 6.50. The van der Waals surface area contributed by atoms with Gasteiger partial charge < -0.3 is 14.7 Å². The summed E-state index contributed by atoms with van der Waals surface area (Å²) in [7, 11) is 1.56. The van der Waals surface area contributed by atoms with E-state index in [9.17, 15) is 14.7 Å². The molecular formula is C15H21NO4. The van der Waals surface area contributed by atoms with E-state index in [2.05, 4.69) is 0 Å². The SMILES string of the molecule is CCOC(=O)N(C)C(c1ccccc1)C(C)(C)C(=O)O. The molecule has 0 aliphatic heterocycles. The van der Waals surface area contributed by atoms with Crippen molar-refractivity contribution in [2.45, 2.75) is 26.8 Å². The first-order chi connectivity index (χ1) is 9.32. The van der Waals surface area contributed by atoms with Crippen LogP contribution >= 0.6 is 0 Å². The lowest BCUT2D eigenvalue weighted by molar-refractivity contribution is -0.150. The average molecular weight is 279 g/mol. The summed E-state index contributed by atoms with van der Waals surface area (Å²) in [5, 5.41) is 9.45. The van der Waals surface area contributed by atoms with Crippen molar-refractivity contribution < 1.29 is 19.4 Å². The highest BCUT2D eigenvalue weighted by Crippen LogP contribution is 2.38. The Morgan fingerprint density at radius 1 is 1.30 bits per heavy atom. The minimum atomic E-state index is -1.14. The number of carboxylic acid groups (broad SMARTS) is 1. The highest BCUT2D eigenvalue weighted by atomic mass is 16.6. The first kappa shape index (κ1) is 16.0. The fourth-order valence-electron chi connectivity index (χ4n) is 2.21. The molecule has 0 radical (unpaired) electrons. The molecule has 0 aromatic heterocycles. The predicted molar refractivity (Wildman–Crippen MR) is 75.4 cm³/mol. The molecule has 5 nitrogen and oxygen atoms in total. The molecule has 0 saturated heterocycles. The van der Waals surface area contributed by atoms with E-state index in [1.807, 2.05) is 30.3 Å². The van der Waals surface area contributed by atoms with Crippen molar-refractivity contribution in [3.8, 4) is 0 Å². The van der Waals surface area contributed by atoms with Gasteiger partial charge in [0.1, 0.15) is 0 Å². The van der Waals surface area contributed by atoms with Crippen LogP contribution in [0.3, 0.4) is 0 Å². The third-order valence-corrected chi connectivity index (χ3v) is 3.29. The van der Waals surface area contributed by atoms with E-state index in [0.717, 1.165) is 5.56 Å². The quantitative estimate of drug-likeness (QED) is 0.900. The fraction of sp³-hybridized carbons (Fsp3) is 0.467. The molecule has 0 heterocycles. The molecule has 0 aliphatic carbocycles. The van der Waals surface area contributed by atoms with E-state index in [-0.39, 0.29) is 6.61 Å². The molecule has 0 bridgehead atoms. The largest absolute Gasteiger partial charge is 0.481 e. The van der Waals surface area contributed by atoms with E-state index >= 15 is 0 Å². The topological polar surface area (TPSA) is 66.8 Å². The van der Waals surface area contributed by atoms with Gasteiger partial charge in [0.25, 0.3) is 0 Å². The Kier molecular flexibility index (Phi) is 5.13. The Balaban J connectivity index is 3.22. The maximum atomic E-state index is 11.9. The molecule has 1 aromatic rings. The third-order valence-electron chi connectivity index (χ3n) is 3.29. The molecule has 1 unspecified atom stereocenters. The van der Waals surface area contributed by atoms with Gasteiger partial charge in [-0.3, -0.25) is 4.79 Å². The summed E-state index contributed by atoms with van der Waals surface area (Å²) in [5.41, 5.74) is -0.376. The number of amides is 1. The van der Waals surface area contributed by atoms with Crippen molar-refractivity contribution >= 4 is 12.1 Å². The summed E-state index contributed by atoms with van der Waals surface area (Å²) in [4.78, 5) is 24.8. The Hall–Kier alpha value is -2.04. The minimum absolute atomic E-state index is 0.248. The molecule has 0 aliphatic rings. The summed E-state index contributed by atoms with van der Waals surface area (Å²) in [6.07, 6.45) is -0.532. The molecule has 0 saturated carbocycles. The second kappa shape index (κ2) is 6.41. The standard InChI is InChI=1S/C15H21NO4/c1-5-20-14(19)16(4)12(15(2,3)13(17)18)11-9-7-6-8-10-11/h6-10,12H,5H2,1-4H3,(H,17,18). The van der Waals surface area contributed by atoms with Gasteiger partial charge in [-0.2, -0.15) is 0 Å². The summed E-state index contributed by atoms with van der Waals surface area (Å²) in [6.45, 7) is 5.16. The number of ether oxygens (including phenoxy) is 1. The smallest absolute Gasteiger partial charge is 0.410 e. The zero-order valence-electron chi connectivity index (χ0n) is 12.3. The lowest BCUT2D eigenvalue weighted by atomic mass is 9.79. The highest BCUT2D eigenvalue weighted by Gasteiger charge is 2.42. The number of carbonyl (C=O) groups is 2. The van der Waals surface area contributed by atoms with Crippen LogP contribution in [0.15, 0.2) is 30.3 Å². The van der Waals surface area contributed by atoms with E-state index in [1.165, 1.54) is 4.90 Å². The average Bonchev–Trinajstić information content (AvgIpc) is 2.39. The Morgan fingerprint density at radius 2 is 1.85 bits per heavy atom. The number of rotatable bonds is 5. The van der Waals surface area contributed by atoms with Gasteiger partial charge in [-0.05, 0) is 26.3 Å². The van der Waals surface area contributed by atoms with Crippen LogP contribution < -0.4 is 0 Å². The second-order valence-corrected chi connectivity index (χ2v) is 5.15. The van der Waals surface area contributed by atoms with Crippen LogP contribution in [0.1, 0.15) is 32.4 Å². The van der Waals surface area contributed by atoms with Crippen LogP contribution in [-0.4, -0.2) is 35.7 Å². The van der Waals surface area contributed by atoms with Crippen molar-refractivity contribution in [1.82, 2.24) is 4.90 Å². The van der Waals surface area contributed by atoms with Crippen LogP contribution in [0.5, 0.6) is 0 Å². The molecular weight excluding hydrogens is 258 g/mol. The van der Waals surface area contributed by atoms with Crippen molar-refractivity contribution in [3.05, 3.63) is 35.9 Å². The summed E-state index contributed by atoms with van der Waals surface area (Å²) in [6, 6.07) is 8.49. The number of carboxylic acids is 1. The van der Waals surface area contributed by atoms with E-state index in [4.69, 9.17) is 4.74 Å². The number of hydrogen-bond acceptors (Lipinski definition) is 3. The van der Waals surface area contributed by atoms with Crippen LogP contribution in [0.4, 0.5) is 4.79 Å². The molecule has 0 fully saturated rings. The lowest BCUT2D eigenvalue weighted by Gasteiger charge is -2.37. The van der Waals surface area contributed by atoms with Gasteiger partial charge >= 0.3 is 12.1 Å². The number of carbonyl (C=O) groups excluding carboxylic acids is 1. The van der Waals surface area contributed by atoms with E-state index in [0.29, 0.717) is 0 Å². The molecule has 1 aromatic carbocycles. The van der Waals surface area contributed by atoms with Gasteiger partial charge in [0.2, 0.25) is 0 Å². The molecule has 1 amide bonds. The maximum absolute atomic E-state index is 11.9. The summed E-state index contributed by atoms with van der Waals surface area (Å²) >= 11 is 0. The summed E-state index contributed by atoms with van der Waals surface area (Å²) in [5.74, 6) is -0.970. The van der Waals surface area contributed by atoms with E-state index < -0.39 is 23.5 Å². The van der Waals surface area contributed by atoms with Gasteiger partial charge in [-0.15, -0.1) is 0 Å². The lowest BCUT2D eigenvalue weighted by Crippen LogP contribution is -2.43. The minimum Gasteiger partial charge on any atom is -0.481 e. The van der Waals surface area contributed by atoms with Gasteiger partial charge in [-0.1, -0.05) is 30.3 Å². The van der Waals surface area contributed by atoms with Crippen LogP contribution in [0.2, 0.25) is 0 Å². The highest BCUT2D eigenvalue weighted by molar-refractivity contribution is 5.77. The molecule has 1 atom stereocenters. The van der Waals surface area contributed by atoms with Gasteiger partial charge in [-0.25, -0.2) is 4.79 Å². The van der Waals surface area contributed by atoms with Crippen molar-refractivity contribution in [1.29, 1.82) is 0 Å². The fourth-order valence-corrected chi connectivity index (χ4v) is 2.21. The predicted octanol–water partition coefficient (Wildman–Crippen LogP) is 2.93. The van der Waals surface area contributed by atoms with Gasteiger partial charge in [0, 0.05) is 7.05 Å². The zero-order chi connectivity index (χ0) is 15.3. The molecule has 1 N–H and O–H groups in total. The molecule has 0 spiro atoms. The van der Waals surface area contributed by atoms with Crippen LogP contribution in [0, 0.1) is 5.41 Å². The molecule has 1 rings (SSSR count). The monoisotopic (exact) mass is 279 g/mol. The van der Waals surface area contributed by atoms with E-state index in [1.54, 1.807) is 27.8 Å². The zero-order valence-corrected chi connectivity index (χ0v) is 12.3. The normalized spacial score (nSPS) is 12.6. The third kappa shape index (κ3) is 3.29. The molecule has 20 heavy (non-hydrogen) atoms. The van der Waals surface area contributed by atoms with Crippen molar-refractivity contribution in [2.75, 3.05) is 13.7 Å². The molecule has 5 heteroatoms. The van der Waals surface area contributed by atoms with Gasteiger partial charge in [0.15, 0.2) is 0 Å².